The number of benzene rings is 2. The fourth-order valence-corrected chi connectivity index (χ4v) is 4.27. The highest BCUT2D eigenvalue weighted by Crippen LogP contribution is 2.33. The van der Waals surface area contributed by atoms with Crippen LogP contribution < -0.4 is 11.1 Å². The highest BCUT2D eigenvalue weighted by Gasteiger charge is 2.19. The van der Waals surface area contributed by atoms with Crippen LogP contribution >= 0.6 is 23.2 Å². The zero-order valence-electron chi connectivity index (χ0n) is 17.4. The SMILES string of the molecule is Nc1c2c(-c3ccc(Cl)cc3)nc(NCCN3CCCC3)nc2nn1-c1ccc(Cl)cc1. The summed E-state index contributed by atoms with van der Waals surface area (Å²) in [6, 6.07) is 14.9. The van der Waals surface area contributed by atoms with E-state index in [1.807, 2.05) is 36.4 Å². The number of nitrogens with one attached hydrogen (secondary N) is 1. The summed E-state index contributed by atoms with van der Waals surface area (Å²) in [4.78, 5) is 11.9. The van der Waals surface area contributed by atoms with Crippen LogP contribution in [-0.2, 0) is 0 Å². The minimum Gasteiger partial charge on any atom is -0.383 e. The van der Waals surface area contributed by atoms with Crippen molar-refractivity contribution in [1.29, 1.82) is 0 Å². The molecule has 0 spiro atoms. The Balaban J connectivity index is 1.56. The Bertz CT molecular complexity index is 1230. The number of nitrogen functional groups attached to an aromatic ring is 1. The summed E-state index contributed by atoms with van der Waals surface area (Å²) in [5.74, 6) is 0.998. The largest absolute Gasteiger partial charge is 0.383 e. The van der Waals surface area contributed by atoms with E-state index < -0.39 is 0 Å². The van der Waals surface area contributed by atoms with Crippen LogP contribution in [0.4, 0.5) is 11.8 Å². The average molecular weight is 468 g/mol. The summed E-state index contributed by atoms with van der Waals surface area (Å²) in [5.41, 5.74) is 9.49. The van der Waals surface area contributed by atoms with E-state index in [-0.39, 0.29) is 0 Å². The molecule has 7 nitrogen and oxygen atoms in total. The molecule has 9 heteroatoms. The molecule has 2 aromatic heterocycles. The second kappa shape index (κ2) is 8.94. The Hall–Kier alpha value is -2.87. The van der Waals surface area contributed by atoms with Crippen molar-refractivity contribution in [2.24, 2.45) is 0 Å². The molecule has 2 aromatic carbocycles. The van der Waals surface area contributed by atoms with Gasteiger partial charge in [0, 0.05) is 28.7 Å². The minimum absolute atomic E-state index is 0.468. The summed E-state index contributed by atoms with van der Waals surface area (Å²) in [5, 5.41) is 10.1. The molecule has 0 radical (unpaired) electrons. The zero-order chi connectivity index (χ0) is 22.1. The van der Waals surface area contributed by atoms with Gasteiger partial charge in [-0.1, -0.05) is 35.3 Å². The number of halogens is 2. The summed E-state index contributed by atoms with van der Waals surface area (Å²) in [6.07, 6.45) is 2.54. The smallest absolute Gasteiger partial charge is 0.225 e. The van der Waals surface area contributed by atoms with Crippen LogP contribution in [0.1, 0.15) is 12.8 Å². The number of nitrogens with zero attached hydrogens (tertiary/aromatic N) is 5. The van der Waals surface area contributed by atoms with Crippen molar-refractivity contribution in [2.75, 3.05) is 37.2 Å². The molecule has 1 saturated heterocycles. The van der Waals surface area contributed by atoms with E-state index in [2.05, 4.69) is 20.3 Å². The van der Waals surface area contributed by atoms with Gasteiger partial charge in [-0.15, -0.1) is 5.10 Å². The van der Waals surface area contributed by atoms with Gasteiger partial charge in [0.2, 0.25) is 5.95 Å². The minimum atomic E-state index is 0.468. The molecule has 0 aliphatic carbocycles. The van der Waals surface area contributed by atoms with Gasteiger partial charge in [-0.2, -0.15) is 4.98 Å². The van der Waals surface area contributed by atoms with Crippen molar-refractivity contribution < 1.29 is 0 Å². The third-order valence-electron chi connectivity index (χ3n) is 5.67. The number of hydrogen-bond acceptors (Lipinski definition) is 6. The van der Waals surface area contributed by atoms with E-state index in [1.165, 1.54) is 12.8 Å². The van der Waals surface area contributed by atoms with Crippen LogP contribution in [0.25, 0.3) is 28.0 Å². The molecule has 0 bridgehead atoms. The lowest BCUT2D eigenvalue weighted by Crippen LogP contribution is -2.26. The lowest BCUT2D eigenvalue weighted by Gasteiger charge is -2.15. The molecule has 164 valence electrons. The molecule has 3 N–H and O–H groups in total. The van der Waals surface area contributed by atoms with Gasteiger partial charge >= 0.3 is 0 Å². The van der Waals surface area contributed by atoms with E-state index >= 15 is 0 Å². The van der Waals surface area contributed by atoms with Crippen LogP contribution in [0.2, 0.25) is 10.0 Å². The summed E-state index contributed by atoms with van der Waals surface area (Å²) in [6.45, 7) is 4.03. The van der Waals surface area contributed by atoms with Crippen molar-refractivity contribution in [2.45, 2.75) is 12.8 Å². The van der Waals surface area contributed by atoms with E-state index in [9.17, 15) is 0 Å². The summed E-state index contributed by atoms with van der Waals surface area (Å²) >= 11 is 12.2. The lowest BCUT2D eigenvalue weighted by atomic mass is 10.1. The van der Waals surface area contributed by atoms with Gasteiger partial charge < -0.3 is 16.0 Å². The number of aromatic nitrogens is 4. The van der Waals surface area contributed by atoms with E-state index in [1.54, 1.807) is 16.8 Å². The molecule has 1 fully saturated rings. The van der Waals surface area contributed by atoms with Crippen molar-refractivity contribution >= 4 is 46.0 Å². The topological polar surface area (TPSA) is 84.9 Å². The fraction of sp³-hybridized carbons (Fsp3) is 0.261. The van der Waals surface area contributed by atoms with Gasteiger partial charge in [0.25, 0.3) is 0 Å². The van der Waals surface area contributed by atoms with Gasteiger partial charge in [-0.05, 0) is 62.3 Å². The van der Waals surface area contributed by atoms with Gasteiger partial charge in [0.05, 0.1) is 16.8 Å². The Labute approximate surface area is 196 Å². The normalized spacial score (nSPS) is 14.3. The maximum Gasteiger partial charge on any atom is 0.225 e. The van der Waals surface area contributed by atoms with Gasteiger partial charge in [0.1, 0.15) is 5.82 Å². The molecule has 1 aliphatic heterocycles. The quantitative estimate of drug-likeness (QED) is 0.420. The highest BCUT2D eigenvalue weighted by molar-refractivity contribution is 6.30. The van der Waals surface area contributed by atoms with Crippen molar-refractivity contribution in [1.82, 2.24) is 24.6 Å². The monoisotopic (exact) mass is 467 g/mol. The van der Waals surface area contributed by atoms with Crippen LogP contribution in [0.15, 0.2) is 48.5 Å². The second-order valence-electron chi connectivity index (χ2n) is 7.85. The summed E-state index contributed by atoms with van der Waals surface area (Å²) in [7, 11) is 0. The first kappa shape index (κ1) is 21.0. The Kier molecular flexibility index (Phi) is 5.87. The van der Waals surface area contributed by atoms with Gasteiger partial charge in [-0.25, -0.2) is 9.67 Å². The first-order valence-corrected chi connectivity index (χ1v) is 11.4. The van der Waals surface area contributed by atoms with Crippen LogP contribution in [0.5, 0.6) is 0 Å². The second-order valence-corrected chi connectivity index (χ2v) is 8.72. The molecule has 0 atom stereocenters. The highest BCUT2D eigenvalue weighted by atomic mass is 35.5. The van der Waals surface area contributed by atoms with E-state index in [4.69, 9.17) is 33.9 Å². The average Bonchev–Trinajstić information content (AvgIpc) is 3.43. The fourth-order valence-electron chi connectivity index (χ4n) is 4.02. The molecule has 1 aliphatic rings. The number of fused-ring (bicyclic) bond motifs is 1. The number of nitrogens with two attached hydrogens (primary N) is 1. The first-order chi connectivity index (χ1) is 15.6. The van der Waals surface area contributed by atoms with Crippen LogP contribution in [0, 0.1) is 0 Å². The van der Waals surface area contributed by atoms with Crippen molar-refractivity contribution in [3.8, 4) is 16.9 Å². The molecule has 5 rings (SSSR count). The number of likely N-dealkylation sites (tertiary alicyclic amines) is 1. The van der Waals surface area contributed by atoms with Crippen molar-refractivity contribution in [3.63, 3.8) is 0 Å². The van der Waals surface area contributed by atoms with Crippen LogP contribution in [0.3, 0.4) is 0 Å². The van der Waals surface area contributed by atoms with Gasteiger partial charge in [0.15, 0.2) is 5.65 Å². The third kappa shape index (κ3) is 4.24. The lowest BCUT2D eigenvalue weighted by molar-refractivity contribution is 0.352. The van der Waals surface area contributed by atoms with E-state index in [0.717, 1.165) is 37.4 Å². The predicted molar refractivity (Wildman–Crippen MR) is 131 cm³/mol. The van der Waals surface area contributed by atoms with Crippen molar-refractivity contribution in [3.05, 3.63) is 58.6 Å². The Morgan fingerprint density at radius 1 is 0.906 bits per heavy atom. The predicted octanol–water partition coefficient (Wildman–Crippen LogP) is 4.88. The molecule has 0 amide bonds. The third-order valence-corrected chi connectivity index (χ3v) is 6.17. The standard InChI is InChI=1S/C23H23Cl2N7/c24-16-5-3-15(4-6-16)20-19-21(26)32(18-9-7-17(25)8-10-18)30-22(19)29-23(28-20)27-11-14-31-12-1-2-13-31/h3-10H,1-2,11-14,26H2,(H,27,29,30). The maximum atomic E-state index is 6.54. The number of anilines is 2. The molecule has 32 heavy (non-hydrogen) atoms. The molecule has 3 heterocycles. The molecule has 0 unspecified atom stereocenters. The molecular formula is C23H23Cl2N7. The summed E-state index contributed by atoms with van der Waals surface area (Å²) < 4.78 is 1.67. The number of rotatable bonds is 6. The molecular weight excluding hydrogens is 445 g/mol. The number of hydrogen-bond donors (Lipinski definition) is 2. The Morgan fingerprint density at radius 2 is 1.56 bits per heavy atom. The van der Waals surface area contributed by atoms with E-state index in [0.29, 0.717) is 38.5 Å². The van der Waals surface area contributed by atoms with Crippen LogP contribution in [-0.4, -0.2) is 50.8 Å². The van der Waals surface area contributed by atoms with Gasteiger partial charge in [-0.3, -0.25) is 0 Å². The zero-order valence-corrected chi connectivity index (χ0v) is 18.9. The Morgan fingerprint density at radius 3 is 2.25 bits per heavy atom. The molecule has 4 aromatic rings. The first-order valence-electron chi connectivity index (χ1n) is 10.6. The maximum absolute atomic E-state index is 6.54. The molecule has 0 saturated carbocycles.